The van der Waals surface area contributed by atoms with Gasteiger partial charge in [-0.25, -0.2) is 0 Å². The molecule has 2 rings (SSSR count). The zero-order valence-corrected chi connectivity index (χ0v) is 15.8. The van der Waals surface area contributed by atoms with Crippen molar-refractivity contribution >= 4 is 33.4 Å². The molecule has 1 aromatic rings. The van der Waals surface area contributed by atoms with Gasteiger partial charge in [0.25, 0.3) is 0 Å². The van der Waals surface area contributed by atoms with E-state index < -0.39 is 0 Å². The van der Waals surface area contributed by atoms with Crippen LogP contribution in [0.1, 0.15) is 39.2 Å². The van der Waals surface area contributed by atoms with E-state index in [0.29, 0.717) is 4.75 Å². The third-order valence-electron chi connectivity index (χ3n) is 3.98. The van der Waals surface area contributed by atoms with Gasteiger partial charge in [0.05, 0.1) is 0 Å². The summed E-state index contributed by atoms with van der Waals surface area (Å²) in [5, 5.41) is 3.47. The van der Waals surface area contributed by atoms with Crippen LogP contribution in [0.15, 0.2) is 22.7 Å². The number of anilines is 1. The van der Waals surface area contributed by atoms with E-state index in [-0.39, 0.29) is 0 Å². The maximum Gasteiger partial charge on any atom is 0.0378 e. The Morgan fingerprint density at radius 1 is 1.33 bits per heavy atom. The molecule has 0 bridgehead atoms. The van der Waals surface area contributed by atoms with Crippen LogP contribution in [0.3, 0.4) is 0 Å². The van der Waals surface area contributed by atoms with Gasteiger partial charge in [0, 0.05) is 40.3 Å². The van der Waals surface area contributed by atoms with Crippen molar-refractivity contribution in [3.63, 3.8) is 0 Å². The van der Waals surface area contributed by atoms with Gasteiger partial charge in [0.1, 0.15) is 0 Å². The average molecular weight is 371 g/mol. The largest absolute Gasteiger partial charge is 0.371 e. The highest BCUT2D eigenvalue weighted by Gasteiger charge is 2.23. The molecule has 0 atom stereocenters. The Morgan fingerprint density at radius 3 is 2.86 bits per heavy atom. The Hall–Kier alpha value is -0.190. The Kier molecular flexibility index (Phi) is 6.45. The second kappa shape index (κ2) is 7.89. The molecule has 1 saturated heterocycles. The summed E-state index contributed by atoms with van der Waals surface area (Å²) >= 11 is 5.83. The highest BCUT2D eigenvalue weighted by atomic mass is 79.9. The first-order valence-corrected chi connectivity index (χ1v) is 9.68. The van der Waals surface area contributed by atoms with Gasteiger partial charge in [-0.2, -0.15) is 11.8 Å². The molecule has 1 heterocycles. The van der Waals surface area contributed by atoms with Crippen LogP contribution in [0.25, 0.3) is 0 Å². The number of nitrogens with one attached hydrogen (secondary N) is 1. The lowest BCUT2D eigenvalue weighted by molar-refractivity contribution is 0.637. The molecule has 4 heteroatoms. The number of nitrogens with zero attached hydrogens (tertiary/aromatic N) is 1. The van der Waals surface area contributed by atoms with E-state index >= 15 is 0 Å². The number of hydrogen-bond donors (Lipinski definition) is 1. The third kappa shape index (κ3) is 5.19. The molecule has 1 aliphatic heterocycles. The van der Waals surface area contributed by atoms with Crippen molar-refractivity contribution < 1.29 is 0 Å². The first-order valence-electron chi connectivity index (χ1n) is 7.90. The molecule has 0 aromatic heterocycles. The fourth-order valence-electron chi connectivity index (χ4n) is 2.55. The second-order valence-corrected chi connectivity index (χ2v) is 8.95. The predicted octanol–water partition coefficient (Wildman–Crippen LogP) is 4.67. The summed E-state index contributed by atoms with van der Waals surface area (Å²) in [4.78, 5) is 2.52. The van der Waals surface area contributed by atoms with Gasteiger partial charge in [-0.05, 0) is 37.1 Å². The second-order valence-electron chi connectivity index (χ2n) is 6.30. The molecule has 0 radical (unpaired) electrons. The van der Waals surface area contributed by atoms with Crippen LogP contribution >= 0.6 is 27.7 Å². The third-order valence-corrected chi connectivity index (χ3v) is 6.09. The quantitative estimate of drug-likeness (QED) is 0.758. The summed E-state index contributed by atoms with van der Waals surface area (Å²) in [7, 11) is 0. The number of rotatable bonds is 5. The minimum absolute atomic E-state index is 0.413. The lowest BCUT2D eigenvalue weighted by Gasteiger charge is -2.25. The van der Waals surface area contributed by atoms with Crippen molar-refractivity contribution in [3.05, 3.63) is 28.2 Å². The van der Waals surface area contributed by atoms with E-state index in [1.54, 1.807) is 0 Å². The van der Waals surface area contributed by atoms with Crippen LogP contribution in [0.4, 0.5) is 5.69 Å². The van der Waals surface area contributed by atoms with Crippen LogP contribution in [0, 0.1) is 0 Å². The summed E-state index contributed by atoms with van der Waals surface area (Å²) in [6.45, 7) is 11.2. The summed E-state index contributed by atoms with van der Waals surface area (Å²) in [5.41, 5.74) is 2.69. The molecule has 118 valence electrons. The molecule has 0 amide bonds. The Morgan fingerprint density at radius 2 is 2.14 bits per heavy atom. The van der Waals surface area contributed by atoms with Crippen molar-refractivity contribution in [2.45, 2.75) is 44.9 Å². The summed E-state index contributed by atoms with van der Waals surface area (Å²) in [6.07, 6.45) is 2.42. The highest BCUT2D eigenvalue weighted by molar-refractivity contribution is 9.10. The molecule has 0 spiro atoms. The van der Waals surface area contributed by atoms with E-state index in [2.05, 4.69) is 76.9 Å². The van der Waals surface area contributed by atoms with Gasteiger partial charge in [0.2, 0.25) is 0 Å². The SMILES string of the molecule is CCCNCc1ccc(N2CCSC(C)(C)CC2)cc1Br. The molecule has 0 unspecified atom stereocenters. The fraction of sp³-hybridized carbons (Fsp3) is 0.647. The molecular weight excluding hydrogens is 344 g/mol. The zero-order valence-electron chi connectivity index (χ0n) is 13.4. The van der Waals surface area contributed by atoms with Crippen LogP contribution in [0.2, 0.25) is 0 Å². The smallest absolute Gasteiger partial charge is 0.0378 e. The maximum absolute atomic E-state index is 3.74. The molecule has 0 aliphatic carbocycles. The van der Waals surface area contributed by atoms with Gasteiger partial charge in [-0.1, -0.05) is 42.8 Å². The van der Waals surface area contributed by atoms with Gasteiger partial charge in [-0.3, -0.25) is 0 Å². The van der Waals surface area contributed by atoms with E-state index in [1.807, 2.05) is 0 Å². The number of halogens is 1. The van der Waals surface area contributed by atoms with E-state index in [4.69, 9.17) is 0 Å². The van der Waals surface area contributed by atoms with Gasteiger partial charge >= 0.3 is 0 Å². The van der Waals surface area contributed by atoms with Crippen molar-refractivity contribution in [3.8, 4) is 0 Å². The molecule has 21 heavy (non-hydrogen) atoms. The van der Waals surface area contributed by atoms with E-state index in [1.165, 1.54) is 34.3 Å². The molecule has 1 fully saturated rings. The highest BCUT2D eigenvalue weighted by Crippen LogP contribution is 2.33. The number of hydrogen-bond acceptors (Lipinski definition) is 3. The molecule has 2 nitrogen and oxygen atoms in total. The van der Waals surface area contributed by atoms with Crippen LogP contribution in [-0.2, 0) is 6.54 Å². The molecule has 1 aliphatic rings. The van der Waals surface area contributed by atoms with E-state index in [9.17, 15) is 0 Å². The van der Waals surface area contributed by atoms with Crippen molar-refractivity contribution in [2.75, 3.05) is 30.3 Å². The number of benzene rings is 1. The summed E-state index contributed by atoms with van der Waals surface area (Å²) < 4.78 is 1.63. The molecule has 1 N–H and O–H groups in total. The zero-order chi connectivity index (χ0) is 15.3. The lowest BCUT2D eigenvalue weighted by atomic mass is 10.1. The first kappa shape index (κ1) is 17.2. The molecular formula is C17H27BrN2S. The average Bonchev–Trinajstić information content (AvgIpc) is 2.62. The number of thioether (sulfide) groups is 1. The molecule has 0 saturated carbocycles. The van der Waals surface area contributed by atoms with Crippen LogP contribution in [-0.4, -0.2) is 30.1 Å². The minimum Gasteiger partial charge on any atom is -0.371 e. The summed E-state index contributed by atoms with van der Waals surface area (Å²) in [5.74, 6) is 1.21. The summed E-state index contributed by atoms with van der Waals surface area (Å²) in [6, 6.07) is 6.81. The van der Waals surface area contributed by atoms with Crippen LogP contribution in [0.5, 0.6) is 0 Å². The minimum atomic E-state index is 0.413. The topological polar surface area (TPSA) is 15.3 Å². The maximum atomic E-state index is 3.74. The monoisotopic (exact) mass is 370 g/mol. The predicted molar refractivity (Wildman–Crippen MR) is 99.5 cm³/mol. The van der Waals surface area contributed by atoms with E-state index in [0.717, 1.165) is 26.2 Å². The molecule has 1 aromatic carbocycles. The first-order chi connectivity index (χ1) is 10.0. The van der Waals surface area contributed by atoms with Crippen LogP contribution < -0.4 is 10.2 Å². The van der Waals surface area contributed by atoms with Gasteiger partial charge < -0.3 is 10.2 Å². The van der Waals surface area contributed by atoms with Crippen molar-refractivity contribution in [1.82, 2.24) is 5.32 Å². The standard InChI is InChI=1S/C17H27BrN2S/c1-4-8-19-13-14-5-6-15(12-16(14)18)20-9-7-17(2,3)21-11-10-20/h5-6,12,19H,4,7-11,13H2,1-3H3. The Labute approximate surface area is 142 Å². The van der Waals surface area contributed by atoms with Gasteiger partial charge in [-0.15, -0.1) is 0 Å². The normalized spacial score (nSPS) is 18.6. The van der Waals surface area contributed by atoms with Crippen molar-refractivity contribution in [1.29, 1.82) is 0 Å². The fourth-order valence-corrected chi connectivity index (χ4v) is 4.16. The lowest BCUT2D eigenvalue weighted by Crippen LogP contribution is -2.27. The van der Waals surface area contributed by atoms with Gasteiger partial charge in [0.15, 0.2) is 0 Å². The Balaban J connectivity index is 2.02. The van der Waals surface area contributed by atoms with Crippen molar-refractivity contribution in [2.24, 2.45) is 0 Å². The Bertz CT molecular complexity index is 462.